The molecule has 5 nitrogen and oxygen atoms in total. The Kier molecular flexibility index (Phi) is 4.57. The summed E-state index contributed by atoms with van der Waals surface area (Å²) in [5, 5.41) is 0. The number of benzene rings is 1. The number of ether oxygens (including phenoxy) is 1. The summed E-state index contributed by atoms with van der Waals surface area (Å²) in [6, 6.07) is 7.03. The van der Waals surface area contributed by atoms with Crippen LogP contribution in [0.1, 0.15) is 18.4 Å². The first-order chi connectivity index (χ1) is 9.11. The second-order valence-electron chi connectivity index (χ2n) is 4.65. The zero-order valence-corrected chi connectivity index (χ0v) is 11.9. The second kappa shape index (κ2) is 6.00. The molecule has 0 bridgehead atoms. The fourth-order valence-corrected chi connectivity index (χ4v) is 4.00. The Bertz CT molecular complexity index is 526. The molecule has 0 saturated heterocycles. The highest BCUT2D eigenvalue weighted by Crippen LogP contribution is 2.32. The smallest absolute Gasteiger partial charge is 0.243 e. The summed E-state index contributed by atoms with van der Waals surface area (Å²) in [4.78, 5) is 0.320. The molecule has 19 heavy (non-hydrogen) atoms. The number of hydrogen-bond acceptors (Lipinski definition) is 4. The zero-order chi connectivity index (χ0) is 13.9. The fourth-order valence-electron chi connectivity index (χ4n) is 2.09. The van der Waals surface area contributed by atoms with Gasteiger partial charge in [0.2, 0.25) is 10.0 Å². The first-order valence-electron chi connectivity index (χ1n) is 6.40. The Morgan fingerprint density at radius 2 is 2.05 bits per heavy atom. The highest BCUT2D eigenvalue weighted by atomic mass is 32.2. The van der Waals surface area contributed by atoms with E-state index >= 15 is 0 Å². The minimum absolute atomic E-state index is 0.117. The Morgan fingerprint density at radius 1 is 1.37 bits per heavy atom. The SMILES string of the molecule is COCCN(C1CC1)S(=O)(=O)c1ccccc1CN. The van der Waals surface area contributed by atoms with E-state index in [-0.39, 0.29) is 12.6 Å². The molecule has 0 heterocycles. The van der Waals surface area contributed by atoms with Crippen molar-refractivity contribution in [3.8, 4) is 0 Å². The van der Waals surface area contributed by atoms with Gasteiger partial charge in [0.05, 0.1) is 11.5 Å². The van der Waals surface area contributed by atoms with Crippen molar-refractivity contribution in [1.29, 1.82) is 0 Å². The lowest BCUT2D eigenvalue weighted by Gasteiger charge is -2.22. The maximum atomic E-state index is 12.7. The van der Waals surface area contributed by atoms with Gasteiger partial charge in [0.1, 0.15) is 0 Å². The van der Waals surface area contributed by atoms with Crippen LogP contribution in [0.25, 0.3) is 0 Å². The normalized spacial score (nSPS) is 15.9. The molecule has 0 unspecified atom stereocenters. The van der Waals surface area contributed by atoms with Gasteiger partial charge in [-0.2, -0.15) is 4.31 Å². The third kappa shape index (κ3) is 3.14. The van der Waals surface area contributed by atoms with Crippen LogP contribution in [-0.4, -0.2) is 39.0 Å². The lowest BCUT2D eigenvalue weighted by atomic mass is 10.2. The maximum absolute atomic E-state index is 12.7. The van der Waals surface area contributed by atoms with E-state index in [9.17, 15) is 8.42 Å². The Labute approximate surface area is 114 Å². The summed E-state index contributed by atoms with van der Waals surface area (Å²) < 4.78 is 32.0. The third-order valence-electron chi connectivity index (χ3n) is 3.25. The first-order valence-corrected chi connectivity index (χ1v) is 7.84. The predicted octanol–water partition coefficient (Wildman–Crippen LogP) is 0.945. The van der Waals surface area contributed by atoms with Crippen molar-refractivity contribution >= 4 is 10.0 Å². The first kappa shape index (κ1) is 14.5. The maximum Gasteiger partial charge on any atom is 0.243 e. The molecule has 1 aromatic carbocycles. The van der Waals surface area contributed by atoms with Crippen molar-refractivity contribution in [1.82, 2.24) is 4.31 Å². The van der Waals surface area contributed by atoms with Crippen LogP contribution in [0.2, 0.25) is 0 Å². The highest BCUT2D eigenvalue weighted by Gasteiger charge is 2.38. The molecule has 0 amide bonds. The van der Waals surface area contributed by atoms with E-state index in [4.69, 9.17) is 10.5 Å². The number of hydrogen-bond donors (Lipinski definition) is 1. The van der Waals surface area contributed by atoms with Crippen LogP contribution in [0, 0.1) is 0 Å². The van der Waals surface area contributed by atoms with Gasteiger partial charge in [0, 0.05) is 26.2 Å². The number of methoxy groups -OCH3 is 1. The summed E-state index contributed by atoms with van der Waals surface area (Å²) in [5.41, 5.74) is 6.29. The average Bonchev–Trinajstić information content (AvgIpc) is 3.23. The van der Waals surface area contributed by atoms with Crippen molar-refractivity contribution in [2.75, 3.05) is 20.3 Å². The molecule has 1 saturated carbocycles. The van der Waals surface area contributed by atoms with Crippen molar-refractivity contribution < 1.29 is 13.2 Å². The molecule has 0 spiro atoms. The molecule has 6 heteroatoms. The summed E-state index contributed by atoms with van der Waals surface area (Å²) in [5.74, 6) is 0. The second-order valence-corrected chi connectivity index (χ2v) is 6.51. The lowest BCUT2D eigenvalue weighted by Crippen LogP contribution is -2.36. The summed E-state index contributed by atoms with van der Waals surface area (Å²) in [6.45, 7) is 1.01. The molecule has 0 aliphatic heterocycles. The van der Waals surface area contributed by atoms with Gasteiger partial charge in [-0.25, -0.2) is 8.42 Å². The van der Waals surface area contributed by atoms with E-state index in [1.165, 1.54) is 0 Å². The highest BCUT2D eigenvalue weighted by molar-refractivity contribution is 7.89. The quantitative estimate of drug-likeness (QED) is 0.809. The van der Waals surface area contributed by atoms with Gasteiger partial charge in [-0.3, -0.25) is 0 Å². The molecule has 106 valence electrons. The van der Waals surface area contributed by atoms with Crippen LogP contribution in [0.5, 0.6) is 0 Å². The molecule has 0 aromatic heterocycles. The molecular formula is C13H20N2O3S. The van der Waals surface area contributed by atoms with E-state index < -0.39 is 10.0 Å². The lowest BCUT2D eigenvalue weighted by molar-refractivity contribution is 0.177. The van der Waals surface area contributed by atoms with Crippen LogP contribution in [0.15, 0.2) is 29.2 Å². The minimum atomic E-state index is -3.48. The van der Waals surface area contributed by atoms with Crippen molar-refractivity contribution in [2.24, 2.45) is 5.73 Å². The molecule has 2 N–H and O–H groups in total. The largest absolute Gasteiger partial charge is 0.383 e. The summed E-state index contributed by atoms with van der Waals surface area (Å²) in [6.07, 6.45) is 1.85. The third-order valence-corrected chi connectivity index (χ3v) is 5.30. The zero-order valence-electron chi connectivity index (χ0n) is 11.1. The van der Waals surface area contributed by atoms with Gasteiger partial charge < -0.3 is 10.5 Å². The molecular weight excluding hydrogens is 264 g/mol. The van der Waals surface area contributed by atoms with Crippen LogP contribution in [-0.2, 0) is 21.3 Å². The van der Waals surface area contributed by atoms with Crippen molar-refractivity contribution in [3.05, 3.63) is 29.8 Å². The number of nitrogens with zero attached hydrogens (tertiary/aromatic N) is 1. The average molecular weight is 284 g/mol. The number of rotatable bonds is 7. The van der Waals surface area contributed by atoms with Crippen LogP contribution in [0.4, 0.5) is 0 Å². The van der Waals surface area contributed by atoms with Gasteiger partial charge in [-0.05, 0) is 24.5 Å². The van der Waals surface area contributed by atoms with E-state index in [1.807, 2.05) is 0 Å². The molecule has 1 aliphatic rings. The molecule has 0 radical (unpaired) electrons. The van der Waals surface area contributed by atoms with Crippen LogP contribution >= 0.6 is 0 Å². The Morgan fingerprint density at radius 3 is 2.63 bits per heavy atom. The van der Waals surface area contributed by atoms with Crippen molar-refractivity contribution in [2.45, 2.75) is 30.3 Å². The summed E-state index contributed by atoms with van der Waals surface area (Å²) in [7, 11) is -1.90. The van der Waals surface area contributed by atoms with Gasteiger partial charge in [-0.1, -0.05) is 18.2 Å². The van der Waals surface area contributed by atoms with E-state index in [2.05, 4.69) is 0 Å². The molecule has 2 rings (SSSR count). The monoisotopic (exact) mass is 284 g/mol. The van der Waals surface area contributed by atoms with Crippen LogP contribution < -0.4 is 5.73 Å². The standard InChI is InChI=1S/C13H20N2O3S/c1-18-9-8-15(12-6-7-12)19(16,17)13-5-3-2-4-11(13)10-14/h2-5,12H,6-10,14H2,1H3. The molecule has 0 atom stereocenters. The summed E-state index contributed by atoms with van der Waals surface area (Å²) >= 11 is 0. The molecule has 1 aliphatic carbocycles. The minimum Gasteiger partial charge on any atom is -0.383 e. The van der Waals surface area contributed by atoms with Crippen molar-refractivity contribution in [3.63, 3.8) is 0 Å². The van der Waals surface area contributed by atoms with E-state index in [0.717, 1.165) is 12.8 Å². The van der Waals surface area contributed by atoms with Gasteiger partial charge in [0.25, 0.3) is 0 Å². The fraction of sp³-hybridized carbons (Fsp3) is 0.538. The number of sulfonamides is 1. The van der Waals surface area contributed by atoms with Gasteiger partial charge in [0.15, 0.2) is 0 Å². The molecule has 1 fully saturated rings. The Hall–Kier alpha value is -0.950. The molecule has 1 aromatic rings. The van der Waals surface area contributed by atoms with E-state index in [1.54, 1.807) is 35.7 Å². The van der Waals surface area contributed by atoms with E-state index in [0.29, 0.717) is 23.6 Å². The number of nitrogens with two attached hydrogens (primary N) is 1. The predicted molar refractivity (Wildman–Crippen MR) is 73.1 cm³/mol. The Balaban J connectivity index is 2.33. The van der Waals surface area contributed by atoms with Crippen LogP contribution in [0.3, 0.4) is 0 Å². The van der Waals surface area contributed by atoms with Gasteiger partial charge >= 0.3 is 0 Å². The topological polar surface area (TPSA) is 72.6 Å². The van der Waals surface area contributed by atoms with Gasteiger partial charge in [-0.15, -0.1) is 0 Å².